The predicted octanol–water partition coefficient (Wildman–Crippen LogP) is 3.97. The number of nitrogens with zero attached hydrogens (tertiary/aromatic N) is 2. The maximum Gasteiger partial charge on any atom is 0.248 e. The number of carbonyl (C=O) groups excluding carboxylic acids is 2. The van der Waals surface area contributed by atoms with Crippen molar-refractivity contribution in [1.82, 2.24) is 9.55 Å². The summed E-state index contributed by atoms with van der Waals surface area (Å²) < 4.78 is 2.14. The second kappa shape index (κ2) is 7.74. The van der Waals surface area contributed by atoms with Crippen LogP contribution in [0.1, 0.15) is 59.2 Å². The summed E-state index contributed by atoms with van der Waals surface area (Å²) in [7, 11) is 0. The molecule has 1 amide bonds. The van der Waals surface area contributed by atoms with Crippen LogP contribution in [0.3, 0.4) is 0 Å². The second-order valence-corrected chi connectivity index (χ2v) is 7.13. The van der Waals surface area contributed by atoms with E-state index in [0.717, 1.165) is 40.6 Å². The van der Waals surface area contributed by atoms with Crippen molar-refractivity contribution in [2.24, 2.45) is 11.7 Å². The number of primary amides is 1. The highest BCUT2D eigenvalue weighted by molar-refractivity contribution is 6.11. The average molecular weight is 363 g/mol. The van der Waals surface area contributed by atoms with E-state index in [1.165, 1.54) is 0 Å². The summed E-state index contributed by atoms with van der Waals surface area (Å²) in [5, 5.41) is 0.881. The van der Waals surface area contributed by atoms with Gasteiger partial charge in [-0.05, 0) is 30.2 Å². The molecule has 0 atom stereocenters. The standard InChI is InChI=1S/C22H25N3O2/c1-4-6-18-20(21(26)14(2)3)17-9-8-16(22(23)27)11-19(17)25(18)13-15-7-5-10-24-12-15/h5,7-12,14H,4,6,13H2,1-3H3,(H2,23,27). The summed E-state index contributed by atoms with van der Waals surface area (Å²) in [6, 6.07) is 9.26. The van der Waals surface area contributed by atoms with E-state index in [-0.39, 0.29) is 11.7 Å². The highest BCUT2D eigenvalue weighted by atomic mass is 16.1. The average Bonchev–Trinajstić information content (AvgIpc) is 2.95. The van der Waals surface area contributed by atoms with Gasteiger partial charge in [0.2, 0.25) is 5.91 Å². The van der Waals surface area contributed by atoms with E-state index in [9.17, 15) is 9.59 Å². The molecule has 0 radical (unpaired) electrons. The normalized spacial score (nSPS) is 11.3. The monoisotopic (exact) mass is 363 g/mol. The minimum absolute atomic E-state index is 0.103. The predicted molar refractivity (Wildman–Crippen MR) is 107 cm³/mol. The Labute approximate surface area is 159 Å². The van der Waals surface area contributed by atoms with Gasteiger partial charge in [0.1, 0.15) is 0 Å². The summed E-state index contributed by atoms with van der Waals surface area (Å²) in [6.07, 6.45) is 5.27. The molecular formula is C22H25N3O2. The molecule has 2 aromatic heterocycles. The molecule has 5 heteroatoms. The van der Waals surface area contributed by atoms with Gasteiger partial charge in [-0.15, -0.1) is 0 Å². The Morgan fingerprint density at radius 3 is 2.59 bits per heavy atom. The van der Waals surface area contributed by atoms with Gasteiger partial charge in [-0.2, -0.15) is 0 Å². The number of pyridine rings is 1. The quantitative estimate of drug-likeness (QED) is 0.645. The van der Waals surface area contributed by atoms with Crippen LogP contribution in [0.5, 0.6) is 0 Å². The maximum absolute atomic E-state index is 13.0. The van der Waals surface area contributed by atoms with Crippen LogP contribution < -0.4 is 5.73 Å². The molecule has 140 valence electrons. The summed E-state index contributed by atoms with van der Waals surface area (Å²) >= 11 is 0. The van der Waals surface area contributed by atoms with Crippen LogP contribution in [0.25, 0.3) is 10.9 Å². The first-order valence-corrected chi connectivity index (χ1v) is 9.32. The Kier molecular flexibility index (Phi) is 5.40. The molecule has 2 heterocycles. The summed E-state index contributed by atoms with van der Waals surface area (Å²) in [5.41, 5.74) is 9.62. The van der Waals surface area contributed by atoms with Crippen molar-refractivity contribution >= 4 is 22.6 Å². The molecule has 0 spiro atoms. The van der Waals surface area contributed by atoms with Gasteiger partial charge in [-0.25, -0.2) is 0 Å². The first kappa shape index (κ1) is 18.8. The maximum atomic E-state index is 13.0. The topological polar surface area (TPSA) is 78.0 Å². The fourth-order valence-corrected chi connectivity index (χ4v) is 3.47. The fourth-order valence-electron chi connectivity index (χ4n) is 3.47. The molecule has 0 saturated heterocycles. The van der Waals surface area contributed by atoms with Gasteiger partial charge in [0, 0.05) is 47.1 Å². The largest absolute Gasteiger partial charge is 0.366 e. The lowest BCUT2D eigenvalue weighted by Gasteiger charge is -2.12. The van der Waals surface area contributed by atoms with Gasteiger partial charge in [-0.1, -0.05) is 39.3 Å². The van der Waals surface area contributed by atoms with Crippen molar-refractivity contribution in [2.45, 2.75) is 40.2 Å². The van der Waals surface area contributed by atoms with Gasteiger partial charge in [0.15, 0.2) is 5.78 Å². The minimum Gasteiger partial charge on any atom is -0.366 e. The second-order valence-electron chi connectivity index (χ2n) is 7.13. The zero-order valence-corrected chi connectivity index (χ0v) is 16.0. The fraction of sp³-hybridized carbons (Fsp3) is 0.318. The molecule has 5 nitrogen and oxygen atoms in total. The van der Waals surface area contributed by atoms with Crippen LogP contribution in [0.2, 0.25) is 0 Å². The molecule has 3 rings (SSSR count). The van der Waals surface area contributed by atoms with Crippen LogP contribution in [-0.2, 0) is 13.0 Å². The van der Waals surface area contributed by atoms with E-state index in [1.807, 2.05) is 38.2 Å². The molecule has 0 unspecified atom stereocenters. The number of fused-ring (bicyclic) bond motifs is 1. The Bertz CT molecular complexity index is 988. The summed E-state index contributed by atoms with van der Waals surface area (Å²) in [6.45, 7) is 6.53. The Morgan fingerprint density at radius 1 is 1.22 bits per heavy atom. The van der Waals surface area contributed by atoms with E-state index >= 15 is 0 Å². The SMILES string of the molecule is CCCc1c(C(=O)C(C)C)c2ccc(C(N)=O)cc2n1Cc1cccnc1. The van der Waals surface area contributed by atoms with Crippen LogP contribution >= 0.6 is 0 Å². The third-order valence-corrected chi connectivity index (χ3v) is 4.78. The van der Waals surface area contributed by atoms with Crippen molar-refractivity contribution in [2.75, 3.05) is 0 Å². The van der Waals surface area contributed by atoms with Crippen molar-refractivity contribution in [3.63, 3.8) is 0 Å². The molecule has 0 aliphatic rings. The molecule has 0 aliphatic heterocycles. The molecular weight excluding hydrogens is 338 g/mol. The van der Waals surface area contributed by atoms with Gasteiger partial charge in [0.05, 0.1) is 5.52 Å². The van der Waals surface area contributed by atoms with Gasteiger partial charge < -0.3 is 10.3 Å². The number of nitrogens with two attached hydrogens (primary N) is 1. The van der Waals surface area contributed by atoms with E-state index in [4.69, 9.17) is 5.73 Å². The number of hydrogen-bond donors (Lipinski definition) is 1. The number of benzene rings is 1. The van der Waals surface area contributed by atoms with Gasteiger partial charge in [-0.3, -0.25) is 14.6 Å². The molecule has 0 aliphatic carbocycles. The van der Waals surface area contributed by atoms with E-state index in [2.05, 4.69) is 16.5 Å². The first-order valence-electron chi connectivity index (χ1n) is 9.32. The molecule has 1 aromatic carbocycles. The van der Waals surface area contributed by atoms with Crippen molar-refractivity contribution in [3.05, 3.63) is 65.1 Å². The lowest BCUT2D eigenvalue weighted by Crippen LogP contribution is -2.12. The number of ketones is 1. The van der Waals surface area contributed by atoms with Crippen LogP contribution in [0.15, 0.2) is 42.7 Å². The van der Waals surface area contributed by atoms with E-state index in [0.29, 0.717) is 12.1 Å². The zero-order valence-electron chi connectivity index (χ0n) is 16.0. The Balaban J connectivity index is 2.31. The number of aromatic nitrogens is 2. The molecule has 3 aromatic rings. The number of Topliss-reactive ketones (excluding diaryl/α,β-unsaturated/α-hetero) is 1. The highest BCUT2D eigenvalue weighted by Crippen LogP contribution is 2.31. The van der Waals surface area contributed by atoms with Crippen molar-refractivity contribution in [3.8, 4) is 0 Å². The number of hydrogen-bond acceptors (Lipinski definition) is 3. The number of rotatable bonds is 7. The minimum atomic E-state index is -0.472. The Morgan fingerprint density at radius 2 is 2.00 bits per heavy atom. The first-order chi connectivity index (χ1) is 12.9. The zero-order chi connectivity index (χ0) is 19.6. The summed E-state index contributed by atoms with van der Waals surface area (Å²) in [4.78, 5) is 28.9. The molecule has 0 saturated carbocycles. The van der Waals surface area contributed by atoms with Gasteiger partial charge >= 0.3 is 0 Å². The van der Waals surface area contributed by atoms with Crippen LogP contribution in [0, 0.1) is 5.92 Å². The summed E-state index contributed by atoms with van der Waals surface area (Å²) in [5.74, 6) is -0.450. The molecule has 0 fully saturated rings. The molecule has 2 N–H and O–H groups in total. The Hall–Kier alpha value is -2.95. The molecule has 0 bridgehead atoms. The lowest BCUT2D eigenvalue weighted by atomic mass is 9.96. The number of carbonyl (C=O) groups is 2. The van der Waals surface area contributed by atoms with Gasteiger partial charge in [0.25, 0.3) is 0 Å². The smallest absolute Gasteiger partial charge is 0.248 e. The van der Waals surface area contributed by atoms with Crippen LogP contribution in [-0.4, -0.2) is 21.2 Å². The molecule has 27 heavy (non-hydrogen) atoms. The highest BCUT2D eigenvalue weighted by Gasteiger charge is 2.24. The number of amides is 1. The van der Waals surface area contributed by atoms with Crippen molar-refractivity contribution in [1.29, 1.82) is 0 Å². The van der Waals surface area contributed by atoms with E-state index < -0.39 is 5.91 Å². The third-order valence-electron chi connectivity index (χ3n) is 4.78. The van der Waals surface area contributed by atoms with E-state index in [1.54, 1.807) is 18.3 Å². The lowest BCUT2D eigenvalue weighted by molar-refractivity contribution is 0.0939. The van der Waals surface area contributed by atoms with Crippen molar-refractivity contribution < 1.29 is 9.59 Å². The van der Waals surface area contributed by atoms with Crippen LogP contribution in [0.4, 0.5) is 0 Å². The third kappa shape index (κ3) is 3.63.